The molecule has 7 nitrogen and oxygen atoms in total. The summed E-state index contributed by atoms with van der Waals surface area (Å²) in [6, 6.07) is 0. The van der Waals surface area contributed by atoms with Crippen molar-refractivity contribution in [3.05, 3.63) is 11.9 Å². The second-order valence-corrected chi connectivity index (χ2v) is 7.67. The first-order valence-electron chi connectivity index (χ1n) is 9.02. The van der Waals surface area contributed by atoms with E-state index in [9.17, 15) is 9.90 Å². The number of hydrogen-bond donors (Lipinski definition) is 2. The Bertz CT molecular complexity index is 629. The zero-order valence-electron chi connectivity index (χ0n) is 15.1. The number of hydrogen-bond acceptors (Lipinski definition) is 6. The third-order valence-electron chi connectivity index (χ3n) is 5.05. The molecule has 0 saturated heterocycles. The Morgan fingerprint density at radius 1 is 1.40 bits per heavy atom. The molecule has 0 aliphatic heterocycles. The summed E-state index contributed by atoms with van der Waals surface area (Å²) < 4.78 is 11.1. The highest BCUT2D eigenvalue weighted by Crippen LogP contribution is 2.43. The Kier molecular flexibility index (Phi) is 5.13. The van der Waals surface area contributed by atoms with Crippen LogP contribution in [-0.2, 0) is 0 Å². The standard InChI is InChI=1S/C18H27N3O4/c1-11(2)18(3,10-22)21-17(23)25-14-8-19-15(13-6-7-13)16(20-14)24-9-12-4-5-12/h8,11-13,22H,4-7,9-10H2,1-3H3,(H,21,23)/t18-/m0/s1. The molecule has 1 amide bonds. The number of nitrogens with one attached hydrogen (secondary N) is 1. The number of amides is 1. The molecule has 25 heavy (non-hydrogen) atoms. The van der Waals surface area contributed by atoms with E-state index in [1.807, 2.05) is 13.8 Å². The van der Waals surface area contributed by atoms with Crippen LogP contribution in [0.4, 0.5) is 4.79 Å². The van der Waals surface area contributed by atoms with Gasteiger partial charge in [-0.3, -0.25) is 0 Å². The van der Waals surface area contributed by atoms with Crippen LogP contribution in [0.2, 0.25) is 0 Å². The van der Waals surface area contributed by atoms with E-state index in [4.69, 9.17) is 9.47 Å². The van der Waals surface area contributed by atoms with Gasteiger partial charge in [-0.1, -0.05) is 13.8 Å². The highest BCUT2D eigenvalue weighted by molar-refractivity contribution is 5.70. The Labute approximate surface area is 148 Å². The first kappa shape index (κ1) is 17.9. The average Bonchev–Trinajstić information content (AvgIpc) is 3.46. The number of aromatic nitrogens is 2. The van der Waals surface area contributed by atoms with Crippen molar-refractivity contribution >= 4 is 6.09 Å². The lowest BCUT2D eigenvalue weighted by Gasteiger charge is -2.32. The highest BCUT2D eigenvalue weighted by atomic mass is 16.6. The maximum Gasteiger partial charge on any atom is 0.414 e. The van der Waals surface area contributed by atoms with Crippen LogP contribution in [0.15, 0.2) is 6.20 Å². The van der Waals surface area contributed by atoms with Crippen LogP contribution in [-0.4, -0.2) is 39.9 Å². The Morgan fingerprint density at radius 3 is 2.68 bits per heavy atom. The van der Waals surface area contributed by atoms with Crippen LogP contribution in [0, 0.1) is 11.8 Å². The van der Waals surface area contributed by atoms with Crippen molar-refractivity contribution < 1.29 is 19.4 Å². The van der Waals surface area contributed by atoms with Gasteiger partial charge in [-0.2, -0.15) is 4.98 Å². The predicted octanol–water partition coefficient (Wildman–Crippen LogP) is 2.64. The molecule has 0 spiro atoms. The molecule has 2 aliphatic rings. The van der Waals surface area contributed by atoms with Gasteiger partial charge in [0.25, 0.3) is 0 Å². The number of ether oxygens (including phenoxy) is 2. The van der Waals surface area contributed by atoms with E-state index in [1.165, 1.54) is 19.0 Å². The lowest BCUT2D eigenvalue weighted by molar-refractivity contribution is 0.121. The summed E-state index contributed by atoms with van der Waals surface area (Å²) in [5.74, 6) is 1.65. The fraction of sp³-hybridized carbons (Fsp3) is 0.722. The maximum atomic E-state index is 12.2. The van der Waals surface area contributed by atoms with E-state index in [-0.39, 0.29) is 18.4 Å². The number of nitrogens with zero attached hydrogens (tertiary/aromatic N) is 2. The molecule has 2 saturated carbocycles. The average molecular weight is 349 g/mol. The molecule has 0 radical (unpaired) electrons. The van der Waals surface area contributed by atoms with Crippen LogP contribution >= 0.6 is 0 Å². The zero-order valence-corrected chi connectivity index (χ0v) is 15.1. The zero-order chi connectivity index (χ0) is 18.0. The first-order chi connectivity index (χ1) is 11.9. The molecule has 1 atom stereocenters. The minimum Gasteiger partial charge on any atom is -0.476 e. The third-order valence-corrected chi connectivity index (χ3v) is 5.05. The van der Waals surface area contributed by atoms with E-state index in [0.29, 0.717) is 24.3 Å². The largest absolute Gasteiger partial charge is 0.476 e. The number of carbonyl (C=O) groups is 1. The molecule has 3 rings (SSSR count). The van der Waals surface area contributed by atoms with Gasteiger partial charge in [0, 0.05) is 5.92 Å². The summed E-state index contributed by atoms with van der Waals surface area (Å²) in [7, 11) is 0. The van der Waals surface area contributed by atoms with Crippen molar-refractivity contribution in [1.29, 1.82) is 0 Å². The highest BCUT2D eigenvalue weighted by Gasteiger charge is 2.32. The van der Waals surface area contributed by atoms with Gasteiger partial charge < -0.3 is 19.9 Å². The van der Waals surface area contributed by atoms with Crippen LogP contribution < -0.4 is 14.8 Å². The van der Waals surface area contributed by atoms with E-state index in [2.05, 4.69) is 15.3 Å². The quantitative estimate of drug-likeness (QED) is 0.749. The van der Waals surface area contributed by atoms with Gasteiger partial charge in [-0.05, 0) is 44.4 Å². The van der Waals surface area contributed by atoms with Gasteiger partial charge in [-0.15, -0.1) is 0 Å². The Morgan fingerprint density at radius 2 is 2.12 bits per heavy atom. The lowest BCUT2D eigenvalue weighted by atomic mass is 9.90. The summed E-state index contributed by atoms with van der Waals surface area (Å²) in [4.78, 5) is 20.9. The summed E-state index contributed by atoms with van der Waals surface area (Å²) in [5, 5.41) is 12.2. The maximum absolute atomic E-state index is 12.2. The first-order valence-corrected chi connectivity index (χ1v) is 9.02. The second kappa shape index (κ2) is 7.15. The van der Waals surface area contributed by atoms with Crippen molar-refractivity contribution in [1.82, 2.24) is 15.3 Å². The summed E-state index contributed by atoms with van der Waals surface area (Å²) >= 11 is 0. The van der Waals surface area contributed by atoms with Crippen molar-refractivity contribution in [2.45, 2.75) is 57.9 Å². The molecule has 0 aromatic carbocycles. The molecule has 138 valence electrons. The normalized spacial score (nSPS) is 19.4. The predicted molar refractivity (Wildman–Crippen MR) is 91.7 cm³/mol. The molecule has 0 bridgehead atoms. The van der Waals surface area contributed by atoms with Crippen LogP contribution in [0.5, 0.6) is 11.8 Å². The second-order valence-electron chi connectivity index (χ2n) is 7.67. The van der Waals surface area contributed by atoms with E-state index < -0.39 is 11.6 Å². The van der Waals surface area contributed by atoms with Gasteiger partial charge in [0.05, 0.1) is 24.9 Å². The van der Waals surface area contributed by atoms with Gasteiger partial charge in [-0.25, -0.2) is 9.78 Å². The molecule has 1 aromatic heterocycles. The smallest absolute Gasteiger partial charge is 0.414 e. The van der Waals surface area contributed by atoms with Crippen molar-refractivity contribution in [2.24, 2.45) is 11.8 Å². The fourth-order valence-corrected chi connectivity index (χ4v) is 2.36. The van der Waals surface area contributed by atoms with Crippen LogP contribution in [0.3, 0.4) is 0 Å². The number of aliphatic hydroxyl groups excluding tert-OH is 1. The SMILES string of the molecule is CC(C)[C@](C)(CO)NC(=O)Oc1cnc(C2CC2)c(OCC2CC2)n1. The molecular formula is C18H27N3O4. The van der Waals surface area contributed by atoms with Crippen molar-refractivity contribution in [2.75, 3.05) is 13.2 Å². The summed E-state index contributed by atoms with van der Waals surface area (Å²) in [6.45, 7) is 6.07. The summed E-state index contributed by atoms with van der Waals surface area (Å²) in [6.07, 6.45) is 5.38. The molecule has 1 aromatic rings. The van der Waals surface area contributed by atoms with Gasteiger partial charge >= 0.3 is 6.09 Å². The number of aliphatic hydroxyl groups is 1. The van der Waals surface area contributed by atoms with Crippen molar-refractivity contribution in [3.63, 3.8) is 0 Å². The molecule has 7 heteroatoms. The van der Waals surface area contributed by atoms with Crippen LogP contribution in [0.25, 0.3) is 0 Å². The van der Waals surface area contributed by atoms with Gasteiger partial charge in [0.1, 0.15) is 5.69 Å². The fourth-order valence-electron chi connectivity index (χ4n) is 2.36. The Hall–Kier alpha value is -1.89. The van der Waals surface area contributed by atoms with E-state index in [0.717, 1.165) is 18.5 Å². The lowest BCUT2D eigenvalue weighted by Crippen LogP contribution is -2.53. The summed E-state index contributed by atoms with van der Waals surface area (Å²) in [5.41, 5.74) is 0.0971. The molecule has 1 heterocycles. The number of rotatable bonds is 8. The minimum atomic E-state index is -0.760. The molecule has 2 N–H and O–H groups in total. The van der Waals surface area contributed by atoms with Crippen molar-refractivity contribution in [3.8, 4) is 11.8 Å². The Balaban J connectivity index is 1.66. The topological polar surface area (TPSA) is 93.6 Å². The van der Waals surface area contributed by atoms with E-state index in [1.54, 1.807) is 6.92 Å². The monoisotopic (exact) mass is 349 g/mol. The number of carbonyl (C=O) groups excluding carboxylic acids is 1. The third kappa shape index (κ3) is 4.60. The van der Waals surface area contributed by atoms with Gasteiger partial charge in [0.2, 0.25) is 11.8 Å². The van der Waals surface area contributed by atoms with E-state index >= 15 is 0 Å². The van der Waals surface area contributed by atoms with Crippen LogP contribution in [0.1, 0.15) is 58.1 Å². The molecule has 2 fully saturated rings. The molecular weight excluding hydrogens is 322 g/mol. The minimum absolute atomic E-state index is 0.0470. The molecule has 2 aliphatic carbocycles. The molecule has 0 unspecified atom stereocenters. The van der Waals surface area contributed by atoms with Gasteiger partial charge in [0.15, 0.2) is 0 Å².